The van der Waals surface area contributed by atoms with Crippen molar-refractivity contribution in [2.75, 3.05) is 19.0 Å². The van der Waals surface area contributed by atoms with Gasteiger partial charge in [-0.3, -0.25) is 10.1 Å². The van der Waals surface area contributed by atoms with Gasteiger partial charge in [-0.25, -0.2) is 0 Å². The predicted molar refractivity (Wildman–Crippen MR) is 87.7 cm³/mol. The molecule has 2 aromatic carbocycles. The average Bonchev–Trinajstić information content (AvgIpc) is 2.55. The Morgan fingerprint density at radius 3 is 2.74 bits per heavy atom. The van der Waals surface area contributed by atoms with Crippen molar-refractivity contribution in [1.82, 2.24) is 0 Å². The zero-order valence-electron chi connectivity index (χ0n) is 13.0. The molecule has 0 spiro atoms. The molecule has 2 rings (SSSR count). The third-order valence-electron chi connectivity index (χ3n) is 3.48. The van der Waals surface area contributed by atoms with Gasteiger partial charge in [0.1, 0.15) is 11.8 Å². The van der Waals surface area contributed by atoms with Gasteiger partial charge in [-0.2, -0.15) is 5.26 Å². The van der Waals surface area contributed by atoms with Crippen LogP contribution in [0.4, 0.5) is 11.4 Å². The lowest BCUT2D eigenvalue weighted by Crippen LogP contribution is -2.07. The van der Waals surface area contributed by atoms with Crippen LogP contribution in [0.25, 0.3) is 0 Å². The number of rotatable bonds is 6. The SMILES string of the molecule is COc1ccc(C)cc1CCNc1ccc([N+](=O)[O-])cc1C#N. The Morgan fingerprint density at radius 1 is 1.30 bits per heavy atom. The number of methoxy groups -OCH3 is 1. The van der Waals surface area contributed by atoms with Gasteiger partial charge in [-0.05, 0) is 31.0 Å². The van der Waals surface area contributed by atoms with Crippen LogP contribution >= 0.6 is 0 Å². The maximum atomic E-state index is 10.7. The molecule has 0 saturated carbocycles. The molecule has 0 aliphatic heterocycles. The molecule has 0 bridgehead atoms. The molecule has 6 heteroatoms. The third kappa shape index (κ3) is 3.98. The Labute approximate surface area is 134 Å². The van der Waals surface area contributed by atoms with Gasteiger partial charge in [0.25, 0.3) is 5.69 Å². The van der Waals surface area contributed by atoms with Crippen molar-refractivity contribution >= 4 is 11.4 Å². The van der Waals surface area contributed by atoms with Crippen LogP contribution in [0, 0.1) is 28.4 Å². The summed E-state index contributed by atoms with van der Waals surface area (Å²) in [7, 11) is 1.63. The number of hydrogen-bond donors (Lipinski definition) is 1. The number of aryl methyl sites for hydroxylation is 1. The molecule has 0 atom stereocenters. The lowest BCUT2D eigenvalue weighted by molar-refractivity contribution is -0.384. The molecule has 0 heterocycles. The van der Waals surface area contributed by atoms with Crippen molar-refractivity contribution < 1.29 is 9.66 Å². The monoisotopic (exact) mass is 311 g/mol. The fourth-order valence-electron chi connectivity index (χ4n) is 2.33. The summed E-state index contributed by atoms with van der Waals surface area (Å²) >= 11 is 0. The van der Waals surface area contributed by atoms with E-state index in [0.29, 0.717) is 18.7 Å². The Kier molecular flexibility index (Phi) is 5.15. The van der Waals surface area contributed by atoms with Gasteiger partial charge >= 0.3 is 0 Å². The summed E-state index contributed by atoms with van der Waals surface area (Å²) in [4.78, 5) is 10.2. The Morgan fingerprint density at radius 2 is 2.09 bits per heavy atom. The zero-order chi connectivity index (χ0) is 16.8. The second-order valence-electron chi connectivity index (χ2n) is 5.09. The van der Waals surface area contributed by atoms with Crippen LogP contribution in [0.5, 0.6) is 5.75 Å². The lowest BCUT2D eigenvalue weighted by atomic mass is 10.1. The van der Waals surface area contributed by atoms with Crippen molar-refractivity contribution in [3.63, 3.8) is 0 Å². The van der Waals surface area contributed by atoms with Crippen LogP contribution in [0.3, 0.4) is 0 Å². The highest BCUT2D eigenvalue weighted by atomic mass is 16.6. The number of non-ortho nitro benzene ring substituents is 1. The van der Waals surface area contributed by atoms with Gasteiger partial charge in [0.15, 0.2) is 0 Å². The molecule has 2 aromatic rings. The number of nitrogens with one attached hydrogen (secondary N) is 1. The summed E-state index contributed by atoms with van der Waals surface area (Å²) in [6, 6.07) is 12.2. The van der Waals surface area contributed by atoms with Gasteiger partial charge in [0.05, 0.1) is 23.3 Å². The second kappa shape index (κ2) is 7.27. The topological polar surface area (TPSA) is 88.2 Å². The number of hydrogen-bond acceptors (Lipinski definition) is 5. The molecule has 0 unspecified atom stereocenters. The standard InChI is InChI=1S/C17H17N3O3/c1-12-3-6-17(23-2)13(9-12)7-8-19-16-5-4-15(20(21)22)10-14(16)11-18/h3-6,9-10,19H,7-8H2,1-2H3. The van der Waals surface area contributed by atoms with Crippen LogP contribution in [0.2, 0.25) is 0 Å². The van der Waals surface area contributed by atoms with Crippen molar-refractivity contribution in [3.05, 3.63) is 63.2 Å². The minimum Gasteiger partial charge on any atom is -0.496 e. The van der Waals surface area contributed by atoms with Crippen LogP contribution in [-0.4, -0.2) is 18.6 Å². The summed E-state index contributed by atoms with van der Waals surface area (Å²) in [5.41, 5.74) is 2.97. The van der Waals surface area contributed by atoms with Gasteiger partial charge < -0.3 is 10.1 Å². The molecular weight excluding hydrogens is 294 g/mol. The number of anilines is 1. The normalized spacial score (nSPS) is 9.96. The van der Waals surface area contributed by atoms with Crippen molar-refractivity contribution in [2.24, 2.45) is 0 Å². The number of nitro benzene ring substituents is 1. The maximum absolute atomic E-state index is 10.7. The first-order chi connectivity index (χ1) is 11.0. The van der Waals surface area contributed by atoms with Crippen LogP contribution in [0.1, 0.15) is 16.7 Å². The lowest BCUT2D eigenvalue weighted by Gasteiger charge is -2.11. The number of nitro groups is 1. The molecular formula is C17H17N3O3. The van der Waals surface area contributed by atoms with E-state index in [-0.39, 0.29) is 11.3 Å². The number of benzene rings is 2. The smallest absolute Gasteiger partial charge is 0.270 e. The van der Waals surface area contributed by atoms with Crippen molar-refractivity contribution in [2.45, 2.75) is 13.3 Å². The van der Waals surface area contributed by atoms with Crippen LogP contribution in [0.15, 0.2) is 36.4 Å². The summed E-state index contributed by atoms with van der Waals surface area (Å²) < 4.78 is 5.33. The van der Waals surface area contributed by atoms with E-state index in [1.165, 1.54) is 12.1 Å². The van der Waals surface area contributed by atoms with E-state index in [1.54, 1.807) is 13.2 Å². The Hall–Kier alpha value is -3.07. The molecule has 0 saturated heterocycles. The predicted octanol–water partition coefficient (Wildman–Crippen LogP) is 3.44. The fourth-order valence-corrected chi connectivity index (χ4v) is 2.33. The van der Waals surface area contributed by atoms with E-state index >= 15 is 0 Å². The van der Waals surface area contributed by atoms with Crippen molar-refractivity contribution in [3.8, 4) is 11.8 Å². The Balaban J connectivity index is 2.09. The van der Waals surface area contributed by atoms with Gasteiger partial charge in [0, 0.05) is 18.7 Å². The molecule has 0 fully saturated rings. The number of nitriles is 1. The van der Waals surface area contributed by atoms with E-state index in [0.717, 1.165) is 16.9 Å². The first-order valence-corrected chi connectivity index (χ1v) is 7.11. The molecule has 118 valence electrons. The molecule has 0 amide bonds. The summed E-state index contributed by atoms with van der Waals surface area (Å²) in [5, 5.41) is 23.0. The minimum absolute atomic E-state index is 0.0903. The van der Waals surface area contributed by atoms with E-state index in [9.17, 15) is 10.1 Å². The van der Waals surface area contributed by atoms with Gasteiger partial charge in [-0.15, -0.1) is 0 Å². The Bertz CT molecular complexity index is 766. The van der Waals surface area contributed by atoms with Gasteiger partial charge in [0.2, 0.25) is 0 Å². The fraction of sp³-hybridized carbons (Fsp3) is 0.235. The highest BCUT2D eigenvalue weighted by Crippen LogP contribution is 2.23. The quantitative estimate of drug-likeness (QED) is 0.652. The summed E-state index contributed by atoms with van der Waals surface area (Å²) in [6.45, 7) is 2.60. The molecule has 6 nitrogen and oxygen atoms in total. The van der Waals surface area contributed by atoms with Crippen molar-refractivity contribution in [1.29, 1.82) is 5.26 Å². The maximum Gasteiger partial charge on any atom is 0.270 e. The van der Waals surface area contributed by atoms with Gasteiger partial charge in [-0.1, -0.05) is 17.7 Å². The molecule has 0 aromatic heterocycles. The van der Waals surface area contributed by atoms with E-state index in [4.69, 9.17) is 10.00 Å². The van der Waals surface area contributed by atoms with E-state index < -0.39 is 4.92 Å². The van der Waals surface area contributed by atoms with E-state index in [2.05, 4.69) is 11.4 Å². The first kappa shape index (κ1) is 16.3. The molecule has 1 N–H and O–H groups in total. The highest BCUT2D eigenvalue weighted by molar-refractivity contribution is 5.61. The van der Waals surface area contributed by atoms with Crippen LogP contribution in [-0.2, 0) is 6.42 Å². The zero-order valence-corrected chi connectivity index (χ0v) is 13.0. The molecule has 0 radical (unpaired) electrons. The van der Waals surface area contributed by atoms with E-state index in [1.807, 2.05) is 25.1 Å². The second-order valence-corrected chi connectivity index (χ2v) is 5.09. The largest absolute Gasteiger partial charge is 0.496 e. The van der Waals surface area contributed by atoms with Crippen LogP contribution < -0.4 is 10.1 Å². The summed E-state index contributed by atoms with van der Waals surface area (Å²) in [5.74, 6) is 0.821. The minimum atomic E-state index is -0.512. The highest BCUT2D eigenvalue weighted by Gasteiger charge is 2.10. The third-order valence-corrected chi connectivity index (χ3v) is 3.48. The number of ether oxygens (including phenoxy) is 1. The number of nitrogens with zero attached hydrogens (tertiary/aromatic N) is 2. The first-order valence-electron chi connectivity index (χ1n) is 7.11. The molecule has 0 aliphatic carbocycles. The molecule has 23 heavy (non-hydrogen) atoms. The average molecular weight is 311 g/mol. The molecule has 0 aliphatic rings. The summed E-state index contributed by atoms with van der Waals surface area (Å²) in [6.07, 6.45) is 0.715.